The third-order valence-electron chi connectivity index (χ3n) is 2.89. The molecule has 2 rings (SSSR count). The van der Waals surface area contributed by atoms with Crippen molar-refractivity contribution in [1.29, 1.82) is 0 Å². The number of ether oxygens (including phenoxy) is 2. The summed E-state index contributed by atoms with van der Waals surface area (Å²) >= 11 is 0. The number of aromatic nitrogens is 1. The smallest absolute Gasteiger partial charge is 0.219 e. The molecule has 0 aliphatic heterocycles. The molecule has 0 aliphatic rings. The van der Waals surface area contributed by atoms with Crippen LogP contribution in [0.3, 0.4) is 0 Å². The normalized spacial score (nSPS) is 10.3. The number of benzene rings is 1. The van der Waals surface area contributed by atoms with Crippen LogP contribution in [-0.2, 0) is 13.0 Å². The Morgan fingerprint density at radius 1 is 1.11 bits per heavy atom. The third kappa shape index (κ3) is 3.23. The quantitative estimate of drug-likeness (QED) is 0.895. The van der Waals surface area contributed by atoms with Gasteiger partial charge < -0.3 is 15.2 Å². The van der Waals surface area contributed by atoms with Gasteiger partial charge in [0, 0.05) is 18.8 Å². The number of aryl methyl sites for hydroxylation is 1. The fourth-order valence-corrected chi connectivity index (χ4v) is 1.76. The monoisotopic (exact) mass is 258 g/mol. The van der Waals surface area contributed by atoms with E-state index in [0.29, 0.717) is 23.9 Å². The Bertz CT molecular complexity index is 556. The van der Waals surface area contributed by atoms with Gasteiger partial charge in [0.2, 0.25) is 5.88 Å². The second kappa shape index (κ2) is 6.20. The second-order valence-corrected chi connectivity index (χ2v) is 4.15. The number of hydrogen-bond donors (Lipinski definition) is 1. The van der Waals surface area contributed by atoms with Gasteiger partial charge in [0.05, 0.1) is 7.11 Å². The van der Waals surface area contributed by atoms with Gasteiger partial charge in [-0.15, -0.1) is 0 Å². The van der Waals surface area contributed by atoms with Crippen LogP contribution in [0.4, 0.5) is 0 Å². The van der Waals surface area contributed by atoms with E-state index in [-0.39, 0.29) is 0 Å². The summed E-state index contributed by atoms with van der Waals surface area (Å²) in [5, 5.41) is 0. The average Bonchev–Trinajstić information content (AvgIpc) is 2.48. The first kappa shape index (κ1) is 13.4. The molecular weight excluding hydrogens is 240 g/mol. The lowest BCUT2D eigenvalue weighted by Crippen LogP contribution is -1.98. The van der Waals surface area contributed by atoms with Gasteiger partial charge in [0.15, 0.2) is 11.5 Å². The van der Waals surface area contributed by atoms with Gasteiger partial charge in [0.25, 0.3) is 0 Å². The molecule has 0 saturated heterocycles. The van der Waals surface area contributed by atoms with Gasteiger partial charge in [-0.3, -0.25) is 0 Å². The van der Waals surface area contributed by atoms with E-state index in [1.54, 1.807) is 13.3 Å². The maximum atomic E-state index is 5.75. The minimum atomic E-state index is 0.463. The maximum Gasteiger partial charge on any atom is 0.219 e. The van der Waals surface area contributed by atoms with E-state index < -0.39 is 0 Å². The molecule has 0 fully saturated rings. The van der Waals surface area contributed by atoms with Crippen LogP contribution in [-0.4, -0.2) is 12.1 Å². The fourth-order valence-electron chi connectivity index (χ4n) is 1.76. The Labute approximate surface area is 113 Å². The van der Waals surface area contributed by atoms with Crippen LogP contribution in [0.1, 0.15) is 18.1 Å². The molecule has 0 radical (unpaired) electrons. The number of rotatable bonds is 5. The molecule has 0 amide bonds. The van der Waals surface area contributed by atoms with Gasteiger partial charge >= 0.3 is 0 Å². The highest BCUT2D eigenvalue weighted by molar-refractivity contribution is 5.44. The zero-order valence-corrected chi connectivity index (χ0v) is 11.2. The van der Waals surface area contributed by atoms with Crippen molar-refractivity contribution in [2.45, 2.75) is 19.9 Å². The lowest BCUT2D eigenvalue weighted by Gasteiger charge is -2.11. The van der Waals surface area contributed by atoms with Crippen LogP contribution < -0.4 is 15.2 Å². The number of nitrogens with two attached hydrogens (primary N) is 1. The van der Waals surface area contributed by atoms with Crippen molar-refractivity contribution in [2.75, 3.05) is 7.11 Å². The first-order valence-electron chi connectivity index (χ1n) is 6.26. The van der Waals surface area contributed by atoms with E-state index >= 15 is 0 Å². The molecule has 100 valence electrons. The van der Waals surface area contributed by atoms with E-state index in [9.17, 15) is 0 Å². The Kier molecular flexibility index (Phi) is 4.36. The highest BCUT2D eigenvalue weighted by Crippen LogP contribution is 2.31. The van der Waals surface area contributed by atoms with Crippen molar-refractivity contribution < 1.29 is 9.47 Å². The third-order valence-corrected chi connectivity index (χ3v) is 2.89. The van der Waals surface area contributed by atoms with Crippen molar-refractivity contribution >= 4 is 0 Å². The summed E-state index contributed by atoms with van der Waals surface area (Å²) in [5.41, 5.74) is 7.78. The summed E-state index contributed by atoms with van der Waals surface area (Å²) in [6, 6.07) is 9.58. The average molecular weight is 258 g/mol. The number of methoxy groups -OCH3 is 1. The molecule has 1 heterocycles. The predicted octanol–water partition coefficient (Wildman–Crippen LogP) is 2.90. The molecule has 0 unspecified atom stereocenters. The van der Waals surface area contributed by atoms with E-state index in [1.807, 2.05) is 30.3 Å². The minimum absolute atomic E-state index is 0.463. The zero-order valence-electron chi connectivity index (χ0n) is 11.2. The SMILES string of the molecule is CCc1ccc(Oc2cc(CN)ccn2)c(OC)c1. The van der Waals surface area contributed by atoms with Gasteiger partial charge in [-0.25, -0.2) is 4.98 Å². The zero-order chi connectivity index (χ0) is 13.7. The molecule has 4 heteroatoms. The number of pyridine rings is 1. The molecule has 19 heavy (non-hydrogen) atoms. The highest BCUT2D eigenvalue weighted by atomic mass is 16.5. The van der Waals surface area contributed by atoms with E-state index in [0.717, 1.165) is 12.0 Å². The van der Waals surface area contributed by atoms with Crippen LogP contribution in [0.25, 0.3) is 0 Å². The lowest BCUT2D eigenvalue weighted by molar-refractivity contribution is 0.373. The molecule has 1 aromatic heterocycles. The summed E-state index contributed by atoms with van der Waals surface area (Å²) in [4.78, 5) is 4.17. The van der Waals surface area contributed by atoms with Gasteiger partial charge in [-0.2, -0.15) is 0 Å². The largest absolute Gasteiger partial charge is 0.493 e. The minimum Gasteiger partial charge on any atom is -0.493 e. The topological polar surface area (TPSA) is 57.4 Å². The maximum absolute atomic E-state index is 5.75. The fraction of sp³-hybridized carbons (Fsp3) is 0.267. The van der Waals surface area contributed by atoms with Crippen LogP contribution in [0.5, 0.6) is 17.4 Å². The molecule has 0 bridgehead atoms. The molecule has 0 aliphatic carbocycles. The summed E-state index contributed by atoms with van der Waals surface area (Å²) < 4.78 is 11.1. The Balaban J connectivity index is 2.26. The van der Waals surface area contributed by atoms with Crippen molar-refractivity contribution in [3.05, 3.63) is 47.7 Å². The molecule has 2 N–H and O–H groups in total. The lowest BCUT2D eigenvalue weighted by atomic mass is 10.1. The van der Waals surface area contributed by atoms with Crippen LogP contribution >= 0.6 is 0 Å². The Morgan fingerprint density at radius 2 is 1.95 bits per heavy atom. The van der Waals surface area contributed by atoms with Crippen LogP contribution in [0, 0.1) is 0 Å². The number of nitrogens with zero attached hydrogens (tertiary/aromatic N) is 1. The van der Waals surface area contributed by atoms with E-state index in [4.69, 9.17) is 15.2 Å². The number of hydrogen-bond acceptors (Lipinski definition) is 4. The summed E-state index contributed by atoms with van der Waals surface area (Å²) in [7, 11) is 1.63. The standard InChI is InChI=1S/C15H18N2O2/c1-3-11-4-5-13(14(8-11)18-2)19-15-9-12(10-16)6-7-17-15/h4-9H,3,10,16H2,1-2H3. The molecule has 1 aromatic carbocycles. The molecule has 0 saturated carbocycles. The second-order valence-electron chi connectivity index (χ2n) is 4.15. The predicted molar refractivity (Wildman–Crippen MR) is 74.6 cm³/mol. The first-order valence-corrected chi connectivity index (χ1v) is 6.26. The van der Waals surface area contributed by atoms with Gasteiger partial charge in [-0.1, -0.05) is 13.0 Å². The van der Waals surface area contributed by atoms with Crippen LogP contribution in [0.2, 0.25) is 0 Å². The first-order chi connectivity index (χ1) is 9.26. The Hall–Kier alpha value is -2.07. The summed E-state index contributed by atoms with van der Waals surface area (Å²) in [6.45, 7) is 2.56. The van der Waals surface area contributed by atoms with Crippen molar-refractivity contribution in [3.8, 4) is 17.4 Å². The molecule has 2 aromatic rings. The Morgan fingerprint density at radius 3 is 2.63 bits per heavy atom. The van der Waals surface area contributed by atoms with Gasteiger partial charge in [-0.05, 0) is 35.7 Å². The summed E-state index contributed by atoms with van der Waals surface area (Å²) in [6.07, 6.45) is 2.64. The molecule has 0 spiro atoms. The highest BCUT2D eigenvalue weighted by Gasteiger charge is 2.07. The van der Waals surface area contributed by atoms with Crippen molar-refractivity contribution in [3.63, 3.8) is 0 Å². The van der Waals surface area contributed by atoms with E-state index in [2.05, 4.69) is 11.9 Å². The summed E-state index contributed by atoms with van der Waals surface area (Å²) in [5.74, 6) is 1.88. The van der Waals surface area contributed by atoms with Crippen molar-refractivity contribution in [2.24, 2.45) is 5.73 Å². The molecular formula is C15H18N2O2. The molecule has 4 nitrogen and oxygen atoms in total. The van der Waals surface area contributed by atoms with Crippen molar-refractivity contribution in [1.82, 2.24) is 4.98 Å². The molecule has 0 atom stereocenters. The van der Waals surface area contributed by atoms with Gasteiger partial charge in [0.1, 0.15) is 0 Å². The van der Waals surface area contributed by atoms with Crippen LogP contribution in [0.15, 0.2) is 36.5 Å². The van der Waals surface area contributed by atoms with E-state index in [1.165, 1.54) is 5.56 Å².